The van der Waals surface area contributed by atoms with Gasteiger partial charge in [0.05, 0.1) is 0 Å². The lowest BCUT2D eigenvalue weighted by Crippen LogP contribution is -2.53. The first-order valence-electron chi connectivity index (χ1n) is 8.74. The topological polar surface area (TPSA) is 27.7 Å². The summed E-state index contributed by atoms with van der Waals surface area (Å²) in [5.74, 6) is -0.386. The highest BCUT2D eigenvalue weighted by atomic mass is 28.4. The van der Waals surface area contributed by atoms with Crippen LogP contribution in [0, 0.1) is 0 Å². The summed E-state index contributed by atoms with van der Waals surface area (Å²) >= 11 is 0. The van der Waals surface area contributed by atoms with E-state index < -0.39 is 8.32 Å². The molecule has 0 N–H and O–H groups in total. The molecule has 0 spiro atoms. The van der Waals surface area contributed by atoms with E-state index >= 15 is 0 Å². The molecule has 0 aromatic carbocycles. The molecule has 1 saturated carbocycles. The fraction of sp³-hybridized carbons (Fsp3) is 1.00. The molecule has 1 atom stereocenters. The van der Waals surface area contributed by atoms with Gasteiger partial charge in [-0.15, -0.1) is 0 Å². The smallest absolute Gasteiger partial charge is 0.195 e. The maximum atomic E-state index is 6.77. The SMILES string of the molecule is CC(C)(C)[Si](C)(C)OC1(OC2CCCCO2)CCCCC1. The van der Waals surface area contributed by atoms with E-state index in [0.29, 0.717) is 0 Å². The summed E-state index contributed by atoms with van der Waals surface area (Å²) in [6.07, 6.45) is 9.11. The summed E-state index contributed by atoms with van der Waals surface area (Å²) in [4.78, 5) is 0. The predicted molar refractivity (Wildman–Crippen MR) is 88.8 cm³/mol. The Labute approximate surface area is 131 Å². The Hall–Kier alpha value is 0.0969. The summed E-state index contributed by atoms with van der Waals surface area (Å²) in [6.45, 7) is 12.4. The maximum absolute atomic E-state index is 6.77. The van der Waals surface area contributed by atoms with Crippen molar-refractivity contribution in [3.05, 3.63) is 0 Å². The van der Waals surface area contributed by atoms with Crippen LogP contribution in [0.5, 0.6) is 0 Å². The first kappa shape index (κ1) is 17.5. The summed E-state index contributed by atoms with van der Waals surface area (Å²) in [5, 5.41) is 0.216. The van der Waals surface area contributed by atoms with Gasteiger partial charge < -0.3 is 13.9 Å². The van der Waals surface area contributed by atoms with E-state index in [1.54, 1.807) is 0 Å². The number of rotatable bonds is 4. The van der Waals surface area contributed by atoms with E-state index in [2.05, 4.69) is 33.9 Å². The molecule has 124 valence electrons. The molecule has 0 radical (unpaired) electrons. The average molecular weight is 315 g/mol. The molecule has 1 heterocycles. The fourth-order valence-corrected chi connectivity index (χ4v) is 4.48. The van der Waals surface area contributed by atoms with Crippen LogP contribution < -0.4 is 0 Å². The van der Waals surface area contributed by atoms with Gasteiger partial charge in [0, 0.05) is 19.4 Å². The number of hydrogen-bond acceptors (Lipinski definition) is 3. The van der Waals surface area contributed by atoms with Crippen molar-refractivity contribution in [2.75, 3.05) is 6.61 Å². The third-order valence-electron chi connectivity index (χ3n) is 5.35. The molecule has 0 bridgehead atoms. The summed E-state index contributed by atoms with van der Waals surface area (Å²) < 4.78 is 19.0. The molecule has 2 aliphatic rings. The molecule has 1 aliphatic heterocycles. The van der Waals surface area contributed by atoms with E-state index in [0.717, 1.165) is 32.3 Å². The van der Waals surface area contributed by atoms with Gasteiger partial charge in [0.25, 0.3) is 0 Å². The van der Waals surface area contributed by atoms with Crippen LogP contribution in [0.25, 0.3) is 0 Å². The van der Waals surface area contributed by atoms with Crippen LogP contribution in [0.4, 0.5) is 0 Å². The second-order valence-electron chi connectivity index (χ2n) is 8.25. The standard InChI is InChI=1S/C17H34O3Si/c1-16(2,3)21(4,5)20-17(12-8-6-9-13-17)19-15-11-7-10-14-18-15/h15H,6-14H2,1-5H3. The molecule has 21 heavy (non-hydrogen) atoms. The maximum Gasteiger partial charge on any atom is 0.195 e. The van der Waals surface area contributed by atoms with Crippen molar-refractivity contribution in [1.82, 2.24) is 0 Å². The highest BCUT2D eigenvalue weighted by molar-refractivity contribution is 6.74. The van der Waals surface area contributed by atoms with Crippen molar-refractivity contribution in [2.24, 2.45) is 0 Å². The summed E-state index contributed by atoms with van der Waals surface area (Å²) in [5.41, 5.74) is 0. The van der Waals surface area contributed by atoms with Crippen molar-refractivity contribution in [2.45, 2.75) is 102 Å². The molecule has 1 saturated heterocycles. The van der Waals surface area contributed by atoms with Crippen molar-refractivity contribution in [1.29, 1.82) is 0 Å². The van der Waals surface area contributed by atoms with Gasteiger partial charge in [-0.2, -0.15) is 0 Å². The fourth-order valence-electron chi connectivity index (χ4n) is 3.00. The van der Waals surface area contributed by atoms with Crippen molar-refractivity contribution >= 4 is 8.32 Å². The van der Waals surface area contributed by atoms with Crippen LogP contribution in [0.1, 0.15) is 72.1 Å². The molecule has 2 fully saturated rings. The summed E-state index contributed by atoms with van der Waals surface area (Å²) in [7, 11) is -1.83. The van der Waals surface area contributed by atoms with E-state index in [-0.39, 0.29) is 17.1 Å². The number of ether oxygens (including phenoxy) is 2. The number of hydrogen-bond donors (Lipinski definition) is 0. The molecule has 0 aromatic heterocycles. The minimum absolute atomic E-state index is 0.0541. The molecule has 2 rings (SSSR count). The largest absolute Gasteiger partial charge is 0.390 e. The Morgan fingerprint density at radius 1 is 1.00 bits per heavy atom. The highest BCUT2D eigenvalue weighted by Crippen LogP contribution is 2.44. The van der Waals surface area contributed by atoms with Crippen LogP contribution >= 0.6 is 0 Å². The van der Waals surface area contributed by atoms with E-state index in [9.17, 15) is 0 Å². The zero-order valence-electron chi connectivity index (χ0n) is 14.7. The van der Waals surface area contributed by atoms with Crippen LogP contribution in [-0.4, -0.2) is 27.0 Å². The van der Waals surface area contributed by atoms with Crippen LogP contribution in [0.15, 0.2) is 0 Å². The second kappa shape index (κ2) is 6.69. The molecule has 0 amide bonds. The summed E-state index contributed by atoms with van der Waals surface area (Å²) in [6, 6.07) is 0. The lowest BCUT2D eigenvalue weighted by Gasteiger charge is -2.48. The Morgan fingerprint density at radius 2 is 1.67 bits per heavy atom. The molecular weight excluding hydrogens is 280 g/mol. The average Bonchev–Trinajstić information content (AvgIpc) is 2.38. The van der Waals surface area contributed by atoms with Crippen LogP contribution in [0.3, 0.4) is 0 Å². The van der Waals surface area contributed by atoms with Crippen LogP contribution in [-0.2, 0) is 13.9 Å². The zero-order valence-corrected chi connectivity index (χ0v) is 15.7. The first-order valence-corrected chi connectivity index (χ1v) is 11.6. The molecule has 1 aliphatic carbocycles. The van der Waals surface area contributed by atoms with Gasteiger partial charge in [0.1, 0.15) is 0 Å². The Kier molecular flexibility index (Phi) is 5.56. The lowest BCUT2D eigenvalue weighted by atomic mass is 9.94. The molecule has 4 heteroatoms. The molecule has 1 unspecified atom stereocenters. The minimum Gasteiger partial charge on any atom is -0.390 e. The lowest BCUT2D eigenvalue weighted by molar-refractivity contribution is -0.301. The van der Waals surface area contributed by atoms with Gasteiger partial charge in [-0.1, -0.05) is 27.2 Å². The van der Waals surface area contributed by atoms with E-state index in [1.165, 1.54) is 25.7 Å². The van der Waals surface area contributed by atoms with Gasteiger partial charge in [0.15, 0.2) is 20.4 Å². The van der Waals surface area contributed by atoms with Gasteiger partial charge in [-0.05, 0) is 50.2 Å². The first-order chi connectivity index (χ1) is 9.74. The van der Waals surface area contributed by atoms with Crippen molar-refractivity contribution in [3.63, 3.8) is 0 Å². The van der Waals surface area contributed by atoms with Crippen molar-refractivity contribution in [3.8, 4) is 0 Å². The molecule has 0 aromatic rings. The normalized spacial score (nSPS) is 27.6. The third-order valence-corrected chi connectivity index (χ3v) is 9.84. The van der Waals surface area contributed by atoms with Gasteiger partial charge in [0.2, 0.25) is 0 Å². The Balaban J connectivity index is 2.09. The van der Waals surface area contributed by atoms with Crippen LogP contribution in [0.2, 0.25) is 18.1 Å². The van der Waals surface area contributed by atoms with E-state index in [4.69, 9.17) is 13.9 Å². The Bertz CT molecular complexity index is 323. The quantitative estimate of drug-likeness (QED) is 0.526. The van der Waals surface area contributed by atoms with Gasteiger partial charge in [-0.25, -0.2) is 0 Å². The second-order valence-corrected chi connectivity index (χ2v) is 13.0. The highest BCUT2D eigenvalue weighted by Gasteiger charge is 2.47. The minimum atomic E-state index is -1.83. The van der Waals surface area contributed by atoms with Crippen molar-refractivity contribution < 1.29 is 13.9 Å². The zero-order chi connectivity index (χ0) is 15.6. The van der Waals surface area contributed by atoms with E-state index in [1.807, 2.05) is 0 Å². The Morgan fingerprint density at radius 3 is 2.19 bits per heavy atom. The third kappa shape index (κ3) is 4.53. The van der Waals surface area contributed by atoms with Gasteiger partial charge >= 0.3 is 0 Å². The molecule has 3 nitrogen and oxygen atoms in total. The predicted octanol–water partition coefficient (Wildman–Crippen LogP) is 5.21. The molecular formula is C17H34O3Si. The van der Waals surface area contributed by atoms with Gasteiger partial charge in [-0.3, -0.25) is 0 Å². The monoisotopic (exact) mass is 314 g/mol.